The van der Waals surface area contributed by atoms with Gasteiger partial charge in [-0.15, -0.1) is 0 Å². The van der Waals surface area contributed by atoms with Crippen molar-refractivity contribution in [3.63, 3.8) is 0 Å². The molecule has 0 radical (unpaired) electrons. The fourth-order valence-corrected chi connectivity index (χ4v) is 2.61. The SMILES string of the molecule is CC(=NNC(=O)CC1CCCCC1)c1ccc(Cl)nc1. The van der Waals surface area contributed by atoms with E-state index in [1.165, 1.54) is 19.3 Å². The van der Waals surface area contributed by atoms with Crippen LogP contribution < -0.4 is 5.43 Å². The number of hydrogen-bond donors (Lipinski definition) is 1. The lowest BCUT2D eigenvalue weighted by Crippen LogP contribution is -2.23. The molecule has 0 aliphatic heterocycles. The van der Waals surface area contributed by atoms with Gasteiger partial charge in [-0.05, 0) is 37.8 Å². The number of nitrogens with one attached hydrogen (secondary N) is 1. The number of amides is 1. The summed E-state index contributed by atoms with van der Waals surface area (Å²) in [6.45, 7) is 1.84. The summed E-state index contributed by atoms with van der Waals surface area (Å²) in [4.78, 5) is 15.8. The van der Waals surface area contributed by atoms with E-state index in [1.807, 2.05) is 13.0 Å². The topological polar surface area (TPSA) is 54.4 Å². The van der Waals surface area contributed by atoms with E-state index in [1.54, 1.807) is 12.3 Å². The van der Waals surface area contributed by atoms with Crippen LogP contribution in [-0.2, 0) is 4.79 Å². The van der Waals surface area contributed by atoms with Crippen molar-refractivity contribution in [2.24, 2.45) is 11.0 Å². The quantitative estimate of drug-likeness (QED) is 0.524. The zero-order valence-electron chi connectivity index (χ0n) is 11.7. The fourth-order valence-electron chi connectivity index (χ4n) is 2.50. The number of carbonyl (C=O) groups excluding carboxylic acids is 1. The molecule has 2 rings (SSSR count). The summed E-state index contributed by atoms with van der Waals surface area (Å²) < 4.78 is 0. The molecule has 1 aliphatic rings. The molecule has 108 valence electrons. The van der Waals surface area contributed by atoms with Crippen LogP contribution in [0.2, 0.25) is 5.15 Å². The van der Waals surface area contributed by atoms with E-state index in [0.717, 1.165) is 24.1 Å². The standard InChI is InChI=1S/C15H20ClN3O/c1-11(13-7-8-14(16)17-10-13)18-19-15(20)9-12-5-3-2-4-6-12/h7-8,10,12H,2-6,9H2,1H3,(H,19,20). The largest absolute Gasteiger partial charge is 0.273 e. The van der Waals surface area contributed by atoms with Crippen LogP contribution in [0.3, 0.4) is 0 Å². The Morgan fingerprint density at radius 3 is 2.80 bits per heavy atom. The van der Waals surface area contributed by atoms with Gasteiger partial charge in [0.2, 0.25) is 5.91 Å². The van der Waals surface area contributed by atoms with Crippen molar-refractivity contribution in [1.29, 1.82) is 0 Å². The third-order valence-electron chi connectivity index (χ3n) is 3.69. The maximum atomic E-state index is 11.8. The molecule has 0 atom stereocenters. The molecule has 0 bridgehead atoms. The monoisotopic (exact) mass is 293 g/mol. The average molecular weight is 294 g/mol. The predicted molar refractivity (Wildman–Crippen MR) is 80.8 cm³/mol. The van der Waals surface area contributed by atoms with Crippen molar-refractivity contribution in [2.75, 3.05) is 0 Å². The predicted octanol–water partition coefficient (Wildman–Crippen LogP) is 3.55. The van der Waals surface area contributed by atoms with Crippen LogP contribution >= 0.6 is 11.6 Å². The maximum absolute atomic E-state index is 11.8. The van der Waals surface area contributed by atoms with Crippen LogP contribution in [0.25, 0.3) is 0 Å². The summed E-state index contributed by atoms with van der Waals surface area (Å²) in [5.41, 5.74) is 4.21. The molecule has 0 unspecified atom stereocenters. The van der Waals surface area contributed by atoms with Gasteiger partial charge in [-0.1, -0.05) is 30.9 Å². The van der Waals surface area contributed by atoms with Crippen molar-refractivity contribution in [3.05, 3.63) is 29.0 Å². The maximum Gasteiger partial charge on any atom is 0.240 e. The van der Waals surface area contributed by atoms with Crippen LogP contribution in [0.5, 0.6) is 0 Å². The Morgan fingerprint density at radius 1 is 1.40 bits per heavy atom. The Balaban J connectivity index is 1.84. The molecule has 0 spiro atoms. The van der Waals surface area contributed by atoms with Crippen LogP contribution in [0.4, 0.5) is 0 Å². The van der Waals surface area contributed by atoms with Gasteiger partial charge < -0.3 is 0 Å². The van der Waals surface area contributed by atoms with Crippen molar-refractivity contribution < 1.29 is 4.79 Å². The lowest BCUT2D eigenvalue weighted by molar-refractivity contribution is -0.122. The molecule has 0 aromatic carbocycles. The third-order valence-corrected chi connectivity index (χ3v) is 3.92. The summed E-state index contributed by atoms with van der Waals surface area (Å²) in [5, 5.41) is 4.57. The van der Waals surface area contributed by atoms with Crippen LogP contribution in [0.1, 0.15) is 51.0 Å². The molecule has 1 saturated carbocycles. The van der Waals surface area contributed by atoms with Gasteiger partial charge in [0.15, 0.2) is 0 Å². The van der Waals surface area contributed by atoms with Crippen molar-refractivity contribution >= 4 is 23.2 Å². The van der Waals surface area contributed by atoms with E-state index in [-0.39, 0.29) is 5.91 Å². The van der Waals surface area contributed by atoms with E-state index in [9.17, 15) is 4.79 Å². The Labute approximate surface area is 124 Å². The lowest BCUT2D eigenvalue weighted by atomic mass is 9.87. The van der Waals surface area contributed by atoms with Crippen molar-refractivity contribution in [1.82, 2.24) is 10.4 Å². The molecular formula is C15H20ClN3O. The molecule has 4 nitrogen and oxygen atoms in total. The highest BCUT2D eigenvalue weighted by Gasteiger charge is 2.16. The van der Waals surface area contributed by atoms with Gasteiger partial charge in [-0.3, -0.25) is 4.79 Å². The second-order valence-corrected chi connectivity index (χ2v) is 5.70. The Kier molecular flexibility index (Phi) is 5.53. The molecule has 1 aromatic heterocycles. The van der Waals surface area contributed by atoms with Gasteiger partial charge in [-0.2, -0.15) is 5.10 Å². The van der Waals surface area contributed by atoms with Crippen molar-refractivity contribution in [3.8, 4) is 0 Å². The molecule has 5 heteroatoms. The number of aromatic nitrogens is 1. The zero-order chi connectivity index (χ0) is 14.4. The van der Waals surface area contributed by atoms with Gasteiger partial charge in [-0.25, -0.2) is 10.4 Å². The molecular weight excluding hydrogens is 274 g/mol. The molecule has 1 N–H and O–H groups in total. The average Bonchev–Trinajstić information content (AvgIpc) is 2.46. The van der Waals surface area contributed by atoms with Gasteiger partial charge in [0.05, 0.1) is 5.71 Å². The highest BCUT2D eigenvalue weighted by Crippen LogP contribution is 2.25. The molecule has 1 heterocycles. The third kappa shape index (κ3) is 4.60. The normalized spacial score (nSPS) is 17.0. The summed E-state index contributed by atoms with van der Waals surface area (Å²) in [5.74, 6) is 0.523. The minimum absolute atomic E-state index is 0.00169. The first-order valence-corrected chi connectivity index (χ1v) is 7.48. The number of carbonyl (C=O) groups is 1. The summed E-state index contributed by atoms with van der Waals surface area (Å²) in [7, 11) is 0. The van der Waals surface area contributed by atoms with E-state index in [2.05, 4.69) is 15.5 Å². The minimum atomic E-state index is -0.00169. The number of hydrogen-bond acceptors (Lipinski definition) is 3. The number of rotatable bonds is 4. The highest BCUT2D eigenvalue weighted by atomic mass is 35.5. The van der Waals surface area contributed by atoms with E-state index >= 15 is 0 Å². The molecule has 1 aromatic rings. The van der Waals surface area contributed by atoms with Gasteiger partial charge >= 0.3 is 0 Å². The molecule has 1 aliphatic carbocycles. The summed E-state index contributed by atoms with van der Waals surface area (Å²) >= 11 is 5.73. The van der Waals surface area contributed by atoms with Gasteiger partial charge in [0, 0.05) is 18.2 Å². The molecule has 1 amide bonds. The van der Waals surface area contributed by atoms with E-state index in [4.69, 9.17) is 11.6 Å². The Morgan fingerprint density at radius 2 is 2.15 bits per heavy atom. The smallest absolute Gasteiger partial charge is 0.240 e. The van der Waals surface area contributed by atoms with E-state index < -0.39 is 0 Å². The Bertz CT molecular complexity index is 478. The molecule has 0 saturated heterocycles. The summed E-state index contributed by atoms with van der Waals surface area (Å²) in [6, 6.07) is 3.54. The molecule has 20 heavy (non-hydrogen) atoms. The first-order valence-electron chi connectivity index (χ1n) is 7.10. The van der Waals surface area contributed by atoms with Crippen molar-refractivity contribution in [2.45, 2.75) is 45.4 Å². The number of pyridine rings is 1. The number of nitrogens with zero attached hydrogens (tertiary/aromatic N) is 2. The van der Waals surface area contributed by atoms with Crippen LogP contribution in [0.15, 0.2) is 23.4 Å². The highest BCUT2D eigenvalue weighted by molar-refractivity contribution is 6.29. The summed E-state index contributed by atoms with van der Waals surface area (Å²) in [6.07, 6.45) is 8.35. The van der Waals surface area contributed by atoms with Crippen LogP contribution in [0, 0.1) is 5.92 Å². The first-order chi connectivity index (χ1) is 9.65. The Hall–Kier alpha value is -1.42. The number of hydrazone groups is 1. The lowest BCUT2D eigenvalue weighted by Gasteiger charge is -2.20. The van der Waals surface area contributed by atoms with Crippen LogP contribution in [-0.4, -0.2) is 16.6 Å². The first kappa shape index (κ1) is 15.0. The second kappa shape index (κ2) is 7.39. The zero-order valence-corrected chi connectivity index (χ0v) is 12.5. The fraction of sp³-hybridized carbons (Fsp3) is 0.533. The minimum Gasteiger partial charge on any atom is -0.273 e. The van der Waals surface area contributed by atoms with E-state index in [0.29, 0.717) is 17.5 Å². The van der Waals surface area contributed by atoms with Gasteiger partial charge in [0.25, 0.3) is 0 Å². The second-order valence-electron chi connectivity index (χ2n) is 5.31. The molecule has 1 fully saturated rings. The van der Waals surface area contributed by atoms with Gasteiger partial charge in [0.1, 0.15) is 5.15 Å². The number of halogens is 1.